The van der Waals surface area contributed by atoms with Crippen molar-refractivity contribution < 1.29 is 9.53 Å². The first kappa shape index (κ1) is 12.0. The maximum atomic E-state index is 12.5. The molecule has 1 unspecified atom stereocenters. The molecule has 0 radical (unpaired) electrons. The first-order valence-corrected chi connectivity index (χ1v) is 5.96. The molecule has 0 spiro atoms. The molecule has 17 heavy (non-hydrogen) atoms. The Kier molecular flexibility index (Phi) is 3.43. The number of nitrogens with one attached hydrogen (secondary N) is 1. The van der Waals surface area contributed by atoms with Crippen LogP contribution in [0, 0.1) is 5.41 Å². The molecule has 0 aromatic carbocycles. The quantitative estimate of drug-likeness (QED) is 0.805. The number of methoxy groups -OCH3 is 1. The van der Waals surface area contributed by atoms with Gasteiger partial charge in [0, 0.05) is 23.7 Å². The van der Waals surface area contributed by atoms with E-state index in [2.05, 4.69) is 17.2 Å². The van der Waals surface area contributed by atoms with Crippen LogP contribution in [0.15, 0.2) is 18.5 Å². The molecule has 1 fully saturated rings. The zero-order chi connectivity index (χ0) is 12.3. The summed E-state index contributed by atoms with van der Waals surface area (Å²) in [7, 11) is 1.58. The standard InChI is InChI=1S/C13H18N2O2/c1-3-13(4-5-14-9-13)12(16)10-6-11(17-2)8-15-7-10/h6-8,14H,3-5,9H2,1-2H3. The Bertz CT molecular complexity index is 412. The third-order valence-electron chi connectivity index (χ3n) is 3.61. The first-order valence-electron chi connectivity index (χ1n) is 5.96. The largest absolute Gasteiger partial charge is 0.495 e. The third kappa shape index (κ3) is 2.17. The second-order valence-electron chi connectivity index (χ2n) is 4.50. The molecule has 0 amide bonds. The molecule has 0 aliphatic carbocycles. The molecule has 4 heteroatoms. The van der Waals surface area contributed by atoms with Gasteiger partial charge in [0.2, 0.25) is 0 Å². The van der Waals surface area contributed by atoms with Gasteiger partial charge >= 0.3 is 0 Å². The number of carbonyl (C=O) groups excluding carboxylic acids is 1. The summed E-state index contributed by atoms with van der Waals surface area (Å²) in [5.74, 6) is 0.810. The lowest BCUT2D eigenvalue weighted by molar-refractivity contribution is 0.0809. The van der Waals surface area contributed by atoms with Crippen LogP contribution < -0.4 is 10.1 Å². The normalized spacial score (nSPS) is 23.6. The van der Waals surface area contributed by atoms with Crippen molar-refractivity contribution in [1.29, 1.82) is 0 Å². The minimum Gasteiger partial charge on any atom is -0.495 e. The predicted octanol–water partition coefficient (Wildman–Crippen LogP) is 1.66. The maximum absolute atomic E-state index is 12.5. The number of hydrogen-bond donors (Lipinski definition) is 1. The number of rotatable bonds is 4. The minimum absolute atomic E-state index is 0.177. The van der Waals surface area contributed by atoms with Crippen molar-refractivity contribution in [3.8, 4) is 5.75 Å². The van der Waals surface area contributed by atoms with Crippen LogP contribution in [-0.4, -0.2) is 31.0 Å². The molecule has 0 bridgehead atoms. The van der Waals surface area contributed by atoms with Crippen molar-refractivity contribution in [1.82, 2.24) is 10.3 Å². The van der Waals surface area contributed by atoms with Crippen LogP contribution in [0.3, 0.4) is 0 Å². The fourth-order valence-electron chi connectivity index (χ4n) is 2.36. The van der Waals surface area contributed by atoms with E-state index in [0.717, 1.165) is 25.9 Å². The van der Waals surface area contributed by atoms with E-state index in [4.69, 9.17) is 4.74 Å². The van der Waals surface area contributed by atoms with Crippen LogP contribution in [-0.2, 0) is 0 Å². The van der Waals surface area contributed by atoms with Gasteiger partial charge in [-0.15, -0.1) is 0 Å². The topological polar surface area (TPSA) is 51.2 Å². The van der Waals surface area contributed by atoms with Gasteiger partial charge in [0.25, 0.3) is 0 Å². The number of ketones is 1. The van der Waals surface area contributed by atoms with Crippen LogP contribution in [0.4, 0.5) is 0 Å². The van der Waals surface area contributed by atoms with Crippen molar-refractivity contribution in [3.63, 3.8) is 0 Å². The monoisotopic (exact) mass is 234 g/mol. The molecule has 1 aliphatic heterocycles. The predicted molar refractivity (Wildman–Crippen MR) is 65.3 cm³/mol. The molecule has 0 saturated carbocycles. The van der Waals surface area contributed by atoms with E-state index in [0.29, 0.717) is 11.3 Å². The molecule has 1 N–H and O–H groups in total. The Labute approximate surface area is 101 Å². The van der Waals surface area contributed by atoms with Gasteiger partial charge in [0.15, 0.2) is 5.78 Å². The Morgan fingerprint density at radius 1 is 1.59 bits per heavy atom. The Morgan fingerprint density at radius 2 is 2.41 bits per heavy atom. The summed E-state index contributed by atoms with van der Waals surface area (Å²) in [5, 5.41) is 3.27. The molecule has 4 nitrogen and oxygen atoms in total. The molecule has 1 aromatic rings. The fourth-order valence-corrected chi connectivity index (χ4v) is 2.36. The summed E-state index contributed by atoms with van der Waals surface area (Å²) >= 11 is 0. The molecular formula is C13H18N2O2. The van der Waals surface area contributed by atoms with Gasteiger partial charge in [0.1, 0.15) is 5.75 Å². The van der Waals surface area contributed by atoms with E-state index < -0.39 is 0 Å². The van der Waals surface area contributed by atoms with Gasteiger partial charge in [-0.3, -0.25) is 9.78 Å². The second kappa shape index (κ2) is 4.84. The van der Waals surface area contributed by atoms with Crippen molar-refractivity contribution in [3.05, 3.63) is 24.0 Å². The lowest BCUT2D eigenvalue weighted by atomic mass is 9.77. The number of carbonyl (C=O) groups is 1. The summed E-state index contributed by atoms with van der Waals surface area (Å²) in [6, 6.07) is 1.77. The third-order valence-corrected chi connectivity index (χ3v) is 3.61. The molecule has 1 atom stereocenters. The average molecular weight is 234 g/mol. The number of aromatic nitrogens is 1. The van der Waals surface area contributed by atoms with Crippen LogP contribution >= 0.6 is 0 Å². The van der Waals surface area contributed by atoms with Gasteiger partial charge < -0.3 is 10.1 Å². The smallest absolute Gasteiger partial charge is 0.171 e. The lowest BCUT2D eigenvalue weighted by Gasteiger charge is -2.24. The summed E-state index contributed by atoms with van der Waals surface area (Å²) in [4.78, 5) is 16.6. The Balaban J connectivity index is 2.29. The average Bonchev–Trinajstić information content (AvgIpc) is 2.88. The molecule has 92 valence electrons. The van der Waals surface area contributed by atoms with Crippen LogP contribution in [0.5, 0.6) is 5.75 Å². The zero-order valence-corrected chi connectivity index (χ0v) is 10.3. The highest BCUT2D eigenvalue weighted by Crippen LogP contribution is 2.33. The van der Waals surface area contributed by atoms with E-state index in [1.807, 2.05) is 0 Å². The van der Waals surface area contributed by atoms with Gasteiger partial charge in [-0.25, -0.2) is 0 Å². The highest BCUT2D eigenvalue weighted by Gasteiger charge is 2.39. The molecular weight excluding hydrogens is 216 g/mol. The number of pyridine rings is 1. The summed E-state index contributed by atoms with van der Waals surface area (Å²) < 4.78 is 5.10. The Morgan fingerprint density at radius 3 is 3.00 bits per heavy atom. The van der Waals surface area contributed by atoms with Crippen LogP contribution in [0.25, 0.3) is 0 Å². The van der Waals surface area contributed by atoms with Crippen LogP contribution in [0.1, 0.15) is 30.1 Å². The molecule has 2 rings (SSSR count). The van der Waals surface area contributed by atoms with Crippen molar-refractivity contribution >= 4 is 5.78 Å². The lowest BCUT2D eigenvalue weighted by Crippen LogP contribution is -2.33. The highest BCUT2D eigenvalue weighted by molar-refractivity contribution is 6.01. The number of hydrogen-bond acceptors (Lipinski definition) is 4. The van der Waals surface area contributed by atoms with E-state index >= 15 is 0 Å². The van der Waals surface area contributed by atoms with Crippen molar-refractivity contribution in [2.45, 2.75) is 19.8 Å². The Hall–Kier alpha value is -1.42. The minimum atomic E-state index is -0.256. The van der Waals surface area contributed by atoms with E-state index in [9.17, 15) is 4.79 Å². The van der Waals surface area contributed by atoms with Gasteiger partial charge in [-0.1, -0.05) is 6.92 Å². The van der Waals surface area contributed by atoms with E-state index in [1.165, 1.54) is 0 Å². The SMILES string of the molecule is CCC1(C(=O)c2cncc(OC)c2)CCNC1. The van der Waals surface area contributed by atoms with E-state index in [-0.39, 0.29) is 11.2 Å². The summed E-state index contributed by atoms with van der Waals surface area (Å²) in [5.41, 5.74) is 0.392. The molecule has 1 aliphatic rings. The number of ether oxygens (including phenoxy) is 1. The second-order valence-corrected chi connectivity index (χ2v) is 4.50. The summed E-state index contributed by atoms with van der Waals surface area (Å²) in [6.07, 6.45) is 5.00. The fraction of sp³-hybridized carbons (Fsp3) is 0.538. The van der Waals surface area contributed by atoms with Crippen molar-refractivity contribution in [2.24, 2.45) is 5.41 Å². The highest BCUT2D eigenvalue weighted by atomic mass is 16.5. The summed E-state index contributed by atoms with van der Waals surface area (Å²) in [6.45, 7) is 3.75. The van der Waals surface area contributed by atoms with E-state index in [1.54, 1.807) is 25.6 Å². The number of Topliss-reactive ketones (excluding diaryl/α,β-unsaturated/α-hetero) is 1. The molecule has 1 aromatic heterocycles. The zero-order valence-electron chi connectivity index (χ0n) is 10.3. The van der Waals surface area contributed by atoms with Gasteiger partial charge in [-0.2, -0.15) is 0 Å². The van der Waals surface area contributed by atoms with Crippen molar-refractivity contribution in [2.75, 3.05) is 20.2 Å². The van der Waals surface area contributed by atoms with Gasteiger partial charge in [0.05, 0.1) is 13.3 Å². The number of nitrogens with zero attached hydrogens (tertiary/aromatic N) is 1. The first-order chi connectivity index (χ1) is 8.22. The van der Waals surface area contributed by atoms with Crippen LogP contribution in [0.2, 0.25) is 0 Å². The molecule has 2 heterocycles. The van der Waals surface area contributed by atoms with Gasteiger partial charge in [-0.05, 0) is 25.5 Å². The maximum Gasteiger partial charge on any atom is 0.171 e. The molecule has 1 saturated heterocycles.